The first kappa shape index (κ1) is 17.3. The van der Waals surface area contributed by atoms with Gasteiger partial charge < -0.3 is 9.64 Å². The molecular formula is C19H18FN5O2. The van der Waals surface area contributed by atoms with E-state index in [2.05, 4.69) is 15.0 Å². The molecular weight excluding hydrogens is 349 g/mol. The molecule has 0 unspecified atom stereocenters. The monoisotopic (exact) mass is 367 g/mol. The smallest absolute Gasteiger partial charge is 0.255 e. The molecule has 1 aliphatic rings. The maximum Gasteiger partial charge on any atom is 0.255 e. The van der Waals surface area contributed by atoms with E-state index in [1.807, 2.05) is 4.90 Å². The molecule has 0 amide bonds. The number of ether oxygens (including phenoxy) is 1. The molecule has 0 radical (unpaired) electrons. The molecule has 2 aromatic heterocycles. The van der Waals surface area contributed by atoms with E-state index in [9.17, 15) is 9.18 Å². The second kappa shape index (κ2) is 7.24. The van der Waals surface area contributed by atoms with Crippen molar-refractivity contribution in [1.82, 2.24) is 19.5 Å². The zero-order chi connectivity index (χ0) is 18.8. The van der Waals surface area contributed by atoms with Crippen LogP contribution in [0.2, 0.25) is 0 Å². The van der Waals surface area contributed by atoms with E-state index < -0.39 is 6.10 Å². The van der Waals surface area contributed by atoms with Gasteiger partial charge in [-0.3, -0.25) is 9.36 Å². The normalized spacial score (nSPS) is 17.1. The van der Waals surface area contributed by atoms with Gasteiger partial charge in [0.05, 0.1) is 24.5 Å². The summed E-state index contributed by atoms with van der Waals surface area (Å²) in [6.45, 7) is 1.36. The van der Waals surface area contributed by atoms with E-state index in [4.69, 9.17) is 4.74 Å². The van der Waals surface area contributed by atoms with Crippen molar-refractivity contribution in [3.8, 4) is 11.4 Å². The molecule has 3 aromatic rings. The van der Waals surface area contributed by atoms with Crippen molar-refractivity contribution in [2.75, 3.05) is 24.6 Å². The minimum Gasteiger partial charge on any atom is -0.370 e. The van der Waals surface area contributed by atoms with E-state index in [0.29, 0.717) is 42.6 Å². The Bertz CT molecular complexity index is 1010. The molecule has 0 N–H and O–H groups in total. The van der Waals surface area contributed by atoms with E-state index in [0.717, 1.165) is 0 Å². The summed E-state index contributed by atoms with van der Waals surface area (Å²) in [4.78, 5) is 27.1. The van der Waals surface area contributed by atoms with Crippen LogP contribution < -0.4 is 10.5 Å². The SMILES string of the molecule is Cn1c(N2CCO[C@H](c3ccccc3F)C2)nc(-c2ccncn2)cc1=O. The third-order valence-electron chi connectivity index (χ3n) is 4.56. The molecule has 1 aliphatic heterocycles. The minimum atomic E-state index is -0.431. The first-order valence-corrected chi connectivity index (χ1v) is 8.59. The van der Waals surface area contributed by atoms with Crippen LogP contribution in [0.15, 0.2) is 53.7 Å². The highest BCUT2D eigenvalue weighted by Gasteiger charge is 2.26. The van der Waals surface area contributed by atoms with Crippen molar-refractivity contribution in [2.24, 2.45) is 7.05 Å². The van der Waals surface area contributed by atoms with Gasteiger partial charge >= 0.3 is 0 Å². The van der Waals surface area contributed by atoms with Gasteiger partial charge in [-0.2, -0.15) is 0 Å². The van der Waals surface area contributed by atoms with Crippen molar-refractivity contribution < 1.29 is 9.13 Å². The summed E-state index contributed by atoms with van der Waals surface area (Å²) in [5.41, 5.74) is 1.36. The molecule has 0 aliphatic carbocycles. The van der Waals surface area contributed by atoms with Crippen LogP contribution in [-0.2, 0) is 11.8 Å². The second-order valence-electron chi connectivity index (χ2n) is 6.26. The van der Waals surface area contributed by atoms with Crippen LogP contribution >= 0.6 is 0 Å². The predicted molar refractivity (Wildman–Crippen MR) is 97.8 cm³/mol. The van der Waals surface area contributed by atoms with Gasteiger partial charge in [0.15, 0.2) is 0 Å². The van der Waals surface area contributed by atoms with Crippen LogP contribution in [0.25, 0.3) is 11.4 Å². The number of morpholine rings is 1. The van der Waals surface area contributed by atoms with Gasteiger partial charge in [0, 0.05) is 31.4 Å². The Balaban J connectivity index is 1.69. The Morgan fingerprint density at radius 3 is 2.85 bits per heavy atom. The predicted octanol–water partition coefficient (Wildman–Crippen LogP) is 1.95. The average molecular weight is 367 g/mol. The molecule has 1 atom stereocenters. The number of aromatic nitrogens is 4. The fourth-order valence-corrected chi connectivity index (χ4v) is 3.14. The number of anilines is 1. The summed E-state index contributed by atoms with van der Waals surface area (Å²) < 4.78 is 21.4. The number of hydrogen-bond donors (Lipinski definition) is 0. The van der Waals surface area contributed by atoms with Gasteiger partial charge in [-0.15, -0.1) is 0 Å². The molecule has 3 heterocycles. The second-order valence-corrected chi connectivity index (χ2v) is 6.26. The third kappa shape index (κ3) is 3.43. The first-order chi connectivity index (χ1) is 13.1. The van der Waals surface area contributed by atoms with Crippen LogP contribution in [0, 0.1) is 5.82 Å². The Kier molecular flexibility index (Phi) is 4.64. The van der Waals surface area contributed by atoms with Gasteiger partial charge in [0.25, 0.3) is 5.56 Å². The van der Waals surface area contributed by atoms with E-state index >= 15 is 0 Å². The van der Waals surface area contributed by atoms with Gasteiger partial charge in [0.2, 0.25) is 5.95 Å². The quantitative estimate of drug-likeness (QED) is 0.705. The molecule has 1 saturated heterocycles. The van der Waals surface area contributed by atoms with Crippen LogP contribution in [0.3, 0.4) is 0 Å². The highest BCUT2D eigenvalue weighted by atomic mass is 19.1. The lowest BCUT2D eigenvalue weighted by Crippen LogP contribution is -2.42. The highest BCUT2D eigenvalue weighted by Crippen LogP contribution is 2.27. The van der Waals surface area contributed by atoms with Crippen LogP contribution in [0.5, 0.6) is 0 Å². The van der Waals surface area contributed by atoms with Gasteiger partial charge in [-0.05, 0) is 12.1 Å². The molecule has 7 nitrogen and oxygen atoms in total. The average Bonchev–Trinajstić information content (AvgIpc) is 2.71. The van der Waals surface area contributed by atoms with Crippen LogP contribution in [0.4, 0.5) is 10.3 Å². The Morgan fingerprint density at radius 1 is 1.22 bits per heavy atom. The van der Waals surface area contributed by atoms with Gasteiger partial charge in [-0.1, -0.05) is 18.2 Å². The standard InChI is InChI=1S/C19H18FN5O2/c1-24-18(26)10-16(15-6-7-21-12-22-15)23-19(24)25-8-9-27-17(11-25)13-4-2-3-5-14(13)20/h2-7,10,12,17H,8-9,11H2,1H3/t17-/m0/s1. The fraction of sp³-hybridized carbons (Fsp3) is 0.263. The molecule has 27 heavy (non-hydrogen) atoms. The fourth-order valence-electron chi connectivity index (χ4n) is 3.14. The lowest BCUT2D eigenvalue weighted by molar-refractivity contribution is 0.0367. The lowest BCUT2D eigenvalue weighted by Gasteiger charge is -2.34. The van der Waals surface area contributed by atoms with E-state index in [1.54, 1.807) is 37.5 Å². The first-order valence-electron chi connectivity index (χ1n) is 8.59. The minimum absolute atomic E-state index is 0.192. The topological polar surface area (TPSA) is 73.1 Å². The lowest BCUT2D eigenvalue weighted by atomic mass is 10.1. The molecule has 1 fully saturated rings. The summed E-state index contributed by atoms with van der Waals surface area (Å²) in [5.74, 6) is 0.196. The zero-order valence-corrected chi connectivity index (χ0v) is 14.7. The summed E-state index contributed by atoms with van der Waals surface area (Å²) in [7, 11) is 1.67. The maximum absolute atomic E-state index is 14.1. The Labute approximate surface area is 155 Å². The van der Waals surface area contributed by atoms with Crippen molar-refractivity contribution in [2.45, 2.75) is 6.10 Å². The van der Waals surface area contributed by atoms with Crippen molar-refractivity contribution in [3.63, 3.8) is 0 Å². The van der Waals surface area contributed by atoms with Crippen LogP contribution in [0.1, 0.15) is 11.7 Å². The number of hydrogen-bond acceptors (Lipinski definition) is 6. The van der Waals surface area contributed by atoms with Crippen molar-refractivity contribution in [1.29, 1.82) is 0 Å². The highest BCUT2D eigenvalue weighted by molar-refractivity contribution is 5.55. The molecule has 0 saturated carbocycles. The molecule has 0 spiro atoms. The summed E-state index contributed by atoms with van der Waals surface area (Å²) in [6, 6.07) is 9.71. The maximum atomic E-state index is 14.1. The van der Waals surface area contributed by atoms with Crippen LogP contribution in [-0.4, -0.2) is 39.2 Å². The largest absolute Gasteiger partial charge is 0.370 e. The molecule has 138 valence electrons. The number of benzene rings is 1. The number of halogens is 1. The third-order valence-corrected chi connectivity index (χ3v) is 4.56. The summed E-state index contributed by atoms with van der Waals surface area (Å²) in [6.07, 6.45) is 2.58. The molecule has 0 bridgehead atoms. The molecule has 1 aromatic carbocycles. The number of nitrogens with zero attached hydrogens (tertiary/aromatic N) is 5. The molecule has 4 rings (SSSR count). The Hall–Kier alpha value is -3.13. The number of rotatable bonds is 3. The summed E-state index contributed by atoms with van der Waals surface area (Å²) in [5, 5.41) is 0. The summed E-state index contributed by atoms with van der Waals surface area (Å²) >= 11 is 0. The van der Waals surface area contributed by atoms with E-state index in [1.165, 1.54) is 23.0 Å². The zero-order valence-electron chi connectivity index (χ0n) is 14.7. The van der Waals surface area contributed by atoms with Crippen molar-refractivity contribution >= 4 is 5.95 Å². The Morgan fingerprint density at radius 2 is 2.07 bits per heavy atom. The van der Waals surface area contributed by atoms with Crippen molar-refractivity contribution in [3.05, 3.63) is 70.7 Å². The molecule has 8 heteroatoms. The van der Waals surface area contributed by atoms with Gasteiger partial charge in [-0.25, -0.2) is 19.3 Å². The van der Waals surface area contributed by atoms with E-state index in [-0.39, 0.29) is 11.4 Å². The van der Waals surface area contributed by atoms with Gasteiger partial charge in [0.1, 0.15) is 18.2 Å².